The predicted molar refractivity (Wildman–Crippen MR) is 96.0 cm³/mol. The first-order valence-corrected chi connectivity index (χ1v) is 8.39. The minimum atomic E-state index is 0.102. The van der Waals surface area contributed by atoms with E-state index in [-0.39, 0.29) is 11.5 Å². The van der Waals surface area contributed by atoms with E-state index in [1.54, 1.807) is 24.4 Å². The minimum Gasteiger partial charge on any atom is -0.382 e. The average Bonchev–Trinajstić information content (AvgIpc) is 2.98. The van der Waals surface area contributed by atoms with Crippen LogP contribution in [0.1, 0.15) is 11.3 Å². The van der Waals surface area contributed by atoms with Gasteiger partial charge in [0.25, 0.3) is 0 Å². The second kappa shape index (κ2) is 5.58. The van der Waals surface area contributed by atoms with E-state index in [1.807, 2.05) is 0 Å². The monoisotopic (exact) mass is 362 g/mol. The number of hydrogen-bond acceptors (Lipinski definition) is 6. The molecule has 0 amide bonds. The fourth-order valence-electron chi connectivity index (χ4n) is 3.32. The Morgan fingerprint density at radius 3 is 2.62 bits per heavy atom. The van der Waals surface area contributed by atoms with E-state index < -0.39 is 0 Å². The molecule has 8 heteroatoms. The largest absolute Gasteiger partial charge is 0.382 e. The van der Waals surface area contributed by atoms with Crippen molar-refractivity contribution >= 4 is 40.5 Å². The lowest BCUT2D eigenvalue weighted by Gasteiger charge is -2.20. The van der Waals surface area contributed by atoms with Crippen LogP contribution in [0.2, 0.25) is 10.0 Å². The van der Waals surface area contributed by atoms with Gasteiger partial charge in [0.05, 0.1) is 22.0 Å². The Kier molecular flexibility index (Phi) is 3.63. The van der Waals surface area contributed by atoms with E-state index >= 15 is 0 Å². The van der Waals surface area contributed by atoms with Gasteiger partial charge in [0.2, 0.25) is 0 Å². The summed E-state index contributed by atoms with van der Waals surface area (Å²) >= 11 is 12.2. The van der Waals surface area contributed by atoms with Crippen LogP contribution in [-0.4, -0.2) is 34.8 Å². The van der Waals surface area contributed by atoms with Crippen molar-refractivity contribution in [3.8, 4) is 0 Å². The number of piperidine rings is 1. The molecule has 3 atom stereocenters. The molecule has 2 fully saturated rings. The number of fused-ring (bicyclic) bond motifs is 1. The van der Waals surface area contributed by atoms with E-state index in [0.717, 1.165) is 18.9 Å². The number of nitrogens with one attached hydrogen (secondary N) is 1. The average molecular weight is 363 g/mol. The molecular formula is C16H16Cl2N6. The Hall–Kier alpha value is -1.89. The van der Waals surface area contributed by atoms with Crippen LogP contribution in [0.15, 0.2) is 24.4 Å². The molecule has 6 nitrogen and oxygen atoms in total. The maximum atomic E-state index is 8.34. The Morgan fingerprint density at radius 2 is 1.96 bits per heavy atom. The van der Waals surface area contributed by atoms with Crippen LogP contribution in [0.5, 0.6) is 0 Å². The van der Waals surface area contributed by atoms with E-state index in [9.17, 15) is 0 Å². The van der Waals surface area contributed by atoms with Crippen LogP contribution in [0.25, 0.3) is 0 Å². The van der Waals surface area contributed by atoms with Crippen molar-refractivity contribution < 1.29 is 0 Å². The molecule has 0 bridgehead atoms. The van der Waals surface area contributed by atoms with Gasteiger partial charge in [-0.3, -0.25) is 5.41 Å². The van der Waals surface area contributed by atoms with Crippen molar-refractivity contribution in [2.45, 2.75) is 6.04 Å². The lowest BCUT2D eigenvalue weighted by Crippen LogP contribution is -2.29. The van der Waals surface area contributed by atoms with Crippen molar-refractivity contribution in [2.24, 2.45) is 17.6 Å². The summed E-state index contributed by atoms with van der Waals surface area (Å²) in [6, 6.07) is 5.43. The van der Waals surface area contributed by atoms with Crippen molar-refractivity contribution in [1.29, 1.82) is 5.41 Å². The first-order valence-electron chi connectivity index (χ1n) is 7.63. The molecule has 5 N–H and O–H groups in total. The number of rotatable bonds is 3. The molecule has 2 aromatic rings. The van der Waals surface area contributed by atoms with Gasteiger partial charge in [0.15, 0.2) is 5.82 Å². The summed E-state index contributed by atoms with van der Waals surface area (Å²) < 4.78 is 0. The molecule has 124 valence electrons. The number of aromatic nitrogens is 2. The van der Waals surface area contributed by atoms with E-state index in [0.29, 0.717) is 39.2 Å². The van der Waals surface area contributed by atoms with E-state index in [4.69, 9.17) is 40.1 Å². The maximum absolute atomic E-state index is 8.34. The Bertz CT molecular complexity index is 827. The molecule has 2 heterocycles. The number of nitrogens with two attached hydrogens (primary N) is 2. The highest BCUT2D eigenvalue weighted by atomic mass is 35.5. The zero-order valence-corrected chi connectivity index (χ0v) is 14.2. The van der Waals surface area contributed by atoms with Crippen LogP contribution in [0.3, 0.4) is 0 Å². The van der Waals surface area contributed by atoms with E-state index in [2.05, 4.69) is 14.9 Å². The third-order valence-corrected chi connectivity index (χ3v) is 5.65. The van der Waals surface area contributed by atoms with Gasteiger partial charge in [-0.2, -0.15) is 0 Å². The van der Waals surface area contributed by atoms with Gasteiger partial charge in [-0.1, -0.05) is 35.3 Å². The highest BCUT2D eigenvalue weighted by Gasteiger charge is 2.53. The van der Waals surface area contributed by atoms with E-state index in [1.165, 1.54) is 0 Å². The van der Waals surface area contributed by atoms with Gasteiger partial charge in [0, 0.05) is 24.7 Å². The molecule has 1 saturated heterocycles. The van der Waals surface area contributed by atoms with Crippen molar-refractivity contribution in [2.75, 3.05) is 23.7 Å². The van der Waals surface area contributed by atoms with Gasteiger partial charge in [-0.25, -0.2) is 9.97 Å². The molecule has 1 unspecified atom stereocenters. The van der Waals surface area contributed by atoms with Crippen LogP contribution < -0.4 is 16.4 Å². The molecule has 1 aromatic carbocycles. The molecule has 4 rings (SSSR count). The molecular weight excluding hydrogens is 347 g/mol. The SMILES string of the molecule is N=C(c1cccc(Cl)c1Cl)c1ncc(N2C[C@@H]3C(N)[C@@H]3C2)nc1N. The fourth-order valence-corrected chi connectivity index (χ4v) is 3.72. The van der Waals surface area contributed by atoms with Gasteiger partial charge in [-0.15, -0.1) is 0 Å². The summed E-state index contributed by atoms with van der Waals surface area (Å²) in [6.45, 7) is 1.77. The second-order valence-electron chi connectivity index (χ2n) is 6.25. The smallest absolute Gasteiger partial charge is 0.154 e. The summed E-state index contributed by atoms with van der Waals surface area (Å²) in [5.74, 6) is 2.03. The Labute approximate surface area is 149 Å². The normalized spacial score (nSPS) is 24.8. The quantitative estimate of drug-likeness (QED) is 0.725. The summed E-state index contributed by atoms with van der Waals surface area (Å²) in [6.07, 6.45) is 1.65. The molecule has 1 aliphatic heterocycles. The van der Waals surface area contributed by atoms with Crippen LogP contribution in [0, 0.1) is 17.2 Å². The third-order valence-electron chi connectivity index (χ3n) is 4.83. The molecule has 0 spiro atoms. The van der Waals surface area contributed by atoms with Crippen molar-refractivity contribution in [3.05, 3.63) is 45.7 Å². The van der Waals surface area contributed by atoms with Gasteiger partial charge < -0.3 is 16.4 Å². The second-order valence-corrected chi connectivity index (χ2v) is 7.03. The van der Waals surface area contributed by atoms with Crippen molar-refractivity contribution in [1.82, 2.24) is 9.97 Å². The molecule has 1 aromatic heterocycles. The standard InChI is InChI=1S/C16H16Cl2N6/c17-10-3-1-2-7(12(10)18)14(20)15-16(21)23-11(4-22-15)24-5-8-9(6-24)13(8)19/h1-4,8-9,13,20H,5-6,19H2,(H2,21,23)/t8-,9+,13?. The van der Waals surface area contributed by atoms with Gasteiger partial charge in [0.1, 0.15) is 11.5 Å². The molecule has 1 aliphatic carbocycles. The fraction of sp³-hybridized carbons (Fsp3) is 0.312. The molecule has 0 radical (unpaired) electrons. The molecule has 2 aliphatic rings. The Balaban J connectivity index is 1.60. The molecule has 1 saturated carbocycles. The summed E-state index contributed by atoms with van der Waals surface area (Å²) in [5, 5.41) is 9.03. The number of hydrogen-bond donors (Lipinski definition) is 3. The third kappa shape index (κ3) is 2.42. The minimum absolute atomic E-state index is 0.102. The summed E-state index contributed by atoms with van der Waals surface area (Å²) in [4.78, 5) is 10.9. The predicted octanol–water partition coefficient (Wildman–Crippen LogP) is 2.18. The highest BCUT2D eigenvalue weighted by Crippen LogP contribution is 2.44. The number of nitrogen functional groups attached to an aromatic ring is 1. The number of halogens is 2. The summed E-state index contributed by atoms with van der Waals surface area (Å²) in [5.41, 5.74) is 12.9. The zero-order chi connectivity index (χ0) is 17.0. The van der Waals surface area contributed by atoms with Crippen LogP contribution in [-0.2, 0) is 0 Å². The number of nitrogens with zero attached hydrogens (tertiary/aromatic N) is 3. The topological polar surface area (TPSA) is 105 Å². The maximum Gasteiger partial charge on any atom is 0.154 e. The Morgan fingerprint density at radius 1 is 1.25 bits per heavy atom. The molecule has 24 heavy (non-hydrogen) atoms. The summed E-state index contributed by atoms with van der Waals surface area (Å²) in [7, 11) is 0. The van der Waals surface area contributed by atoms with Gasteiger partial charge >= 0.3 is 0 Å². The number of benzene rings is 1. The first-order chi connectivity index (χ1) is 11.5. The first kappa shape index (κ1) is 15.6. The lowest BCUT2D eigenvalue weighted by molar-refractivity contribution is 0.734. The van der Waals surface area contributed by atoms with Crippen LogP contribution in [0.4, 0.5) is 11.6 Å². The van der Waals surface area contributed by atoms with Gasteiger partial charge in [-0.05, 0) is 17.9 Å². The number of anilines is 2. The zero-order valence-electron chi connectivity index (χ0n) is 12.7. The lowest BCUT2D eigenvalue weighted by atomic mass is 10.1. The highest BCUT2D eigenvalue weighted by molar-refractivity contribution is 6.44. The van der Waals surface area contributed by atoms with Crippen LogP contribution >= 0.6 is 23.2 Å². The van der Waals surface area contributed by atoms with Crippen molar-refractivity contribution in [3.63, 3.8) is 0 Å².